The number of carbonyl (C=O) groups excluding carboxylic acids is 2. The van der Waals surface area contributed by atoms with Crippen molar-refractivity contribution in [1.29, 1.82) is 0 Å². The summed E-state index contributed by atoms with van der Waals surface area (Å²) in [5.41, 5.74) is 4.41. The van der Waals surface area contributed by atoms with Crippen molar-refractivity contribution in [3.8, 4) is 5.75 Å². The summed E-state index contributed by atoms with van der Waals surface area (Å²) in [6, 6.07) is 9.81. The molecule has 3 rings (SSSR count). The highest BCUT2D eigenvalue weighted by atomic mass is 35.5. The fourth-order valence-electron chi connectivity index (χ4n) is 3.59. The van der Waals surface area contributed by atoms with Crippen LogP contribution in [0.15, 0.2) is 30.3 Å². The summed E-state index contributed by atoms with van der Waals surface area (Å²) < 4.78 is 5.32. The van der Waals surface area contributed by atoms with Crippen molar-refractivity contribution in [2.24, 2.45) is 0 Å². The lowest BCUT2D eigenvalue weighted by molar-refractivity contribution is -0.119. The Morgan fingerprint density at radius 3 is 2.35 bits per heavy atom. The summed E-state index contributed by atoms with van der Waals surface area (Å²) in [5.74, 6) is 0.344. The van der Waals surface area contributed by atoms with Crippen molar-refractivity contribution in [2.75, 3.05) is 30.8 Å². The zero-order chi connectivity index (χ0) is 22.5. The molecule has 2 aromatic rings. The number of para-hydroxylation sites is 1. The van der Waals surface area contributed by atoms with Gasteiger partial charge in [0, 0.05) is 35.8 Å². The second-order valence-corrected chi connectivity index (χ2v) is 8.52. The van der Waals surface area contributed by atoms with Crippen LogP contribution in [0.5, 0.6) is 5.75 Å². The van der Waals surface area contributed by atoms with E-state index in [1.807, 2.05) is 39.0 Å². The number of halogens is 1. The minimum atomic E-state index is -0.124. The molecule has 0 spiro atoms. The molecule has 7 heteroatoms. The van der Waals surface area contributed by atoms with Crippen LogP contribution in [0, 0.1) is 20.8 Å². The van der Waals surface area contributed by atoms with E-state index in [9.17, 15) is 9.59 Å². The molecule has 6 nitrogen and oxygen atoms in total. The van der Waals surface area contributed by atoms with Gasteiger partial charge in [0.15, 0.2) is 0 Å². The average molecular weight is 444 g/mol. The molecule has 0 atom stereocenters. The van der Waals surface area contributed by atoms with E-state index in [1.165, 1.54) is 0 Å². The van der Waals surface area contributed by atoms with E-state index in [4.69, 9.17) is 16.3 Å². The van der Waals surface area contributed by atoms with E-state index in [2.05, 4.69) is 15.5 Å². The molecule has 0 radical (unpaired) electrons. The Kier molecular flexibility index (Phi) is 7.57. The van der Waals surface area contributed by atoms with E-state index in [1.54, 1.807) is 19.2 Å². The molecule has 0 bridgehead atoms. The van der Waals surface area contributed by atoms with E-state index < -0.39 is 0 Å². The SMILES string of the molecule is COc1cc(Cl)c(C)cc1NC(=O)CCN(CC(=O)Nc1c(C)cccc1C)C1CC1. The van der Waals surface area contributed by atoms with Gasteiger partial charge in [-0.1, -0.05) is 29.8 Å². The fraction of sp³-hybridized carbons (Fsp3) is 0.417. The Hall–Kier alpha value is -2.57. The number of nitrogens with one attached hydrogen (secondary N) is 2. The van der Waals surface area contributed by atoms with Gasteiger partial charge >= 0.3 is 0 Å². The van der Waals surface area contributed by atoms with Gasteiger partial charge in [-0.05, 0) is 56.4 Å². The lowest BCUT2D eigenvalue weighted by Gasteiger charge is -2.22. The van der Waals surface area contributed by atoms with E-state index in [-0.39, 0.29) is 24.8 Å². The van der Waals surface area contributed by atoms with Crippen molar-refractivity contribution in [2.45, 2.75) is 46.1 Å². The number of benzene rings is 2. The monoisotopic (exact) mass is 443 g/mol. The minimum absolute atomic E-state index is 0.0558. The van der Waals surface area contributed by atoms with Crippen molar-refractivity contribution in [3.63, 3.8) is 0 Å². The number of anilines is 2. The lowest BCUT2D eigenvalue weighted by Crippen LogP contribution is -2.37. The van der Waals surface area contributed by atoms with Crippen molar-refractivity contribution in [3.05, 3.63) is 52.0 Å². The average Bonchev–Trinajstić information content (AvgIpc) is 3.56. The number of methoxy groups -OCH3 is 1. The molecule has 2 N–H and O–H groups in total. The molecule has 1 saturated carbocycles. The Bertz CT molecular complexity index is 953. The lowest BCUT2D eigenvalue weighted by atomic mass is 10.1. The van der Waals surface area contributed by atoms with Crippen LogP contribution >= 0.6 is 11.6 Å². The normalized spacial score (nSPS) is 13.2. The number of amides is 2. The van der Waals surface area contributed by atoms with E-state index in [0.29, 0.717) is 29.0 Å². The summed E-state index contributed by atoms with van der Waals surface area (Å²) in [4.78, 5) is 27.3. The van der Waals surface area contributed by atoms with Gasteiger partial charge in [0.1, 0.15) is 5.75 Å². The second-order valence-electron chi connectivity index (χ2n) is 8.12. The van der Waals surface area contributed by atoms with Crippen LogP contribution in [0.3, 0.4) is 0 Å². The Labute approximate surface area is 188 Å². The molecular weight excluding hydrogens is 414 g/mol. The number of hydrogen-bond donors (Lipinski definition) is 2. The van der Waals surface area contributed by atoms with Crippen LogP contribution in [-0.2, 0) is 9.59 Å². The standard InChI is InChI=1S/C24H30ClN3O3/c1-15-6-5-7-16(2)24(15)27-23(30)14-28(18-8-9-18)11-10-22(29)26-20-12-17(3)19(25)13-21(20)31-4/h5-7,12-13,18H,8-11,14H2,1-4H3,(H,26,29)(H,27,30). The van der Waals surface area contributed by atoms with Gasteiger partial charge in [0.05, 0.1) is 19.3 Å². The third-order valence-corrected chi connectivity index (χ3v) is 5.94. The first-order chi connectivity index (χ1) is 14.8. The van der Waals surface area contributed by atoms with E-state index >= 15 is 0 Å². The predicted molar refractivity (Wildman–Crippen MR) is 125 cm³/mol. The van der Waals surface area contributed by atoms with Gasteiger partial charge in [-0.25, -0.2) is 0 Å². The highest BCUT2D eigenvalue weighted by Crippen LogP contribution is 2.31. The van der Waals surface area contributed by atoms with Gasteiger partial charge in [-0.2, -0.15) is 0 Å². The molecule has 0 heterocycles. The van der Waals surface area contributed by atoms with Gasteiger partial charge in [-0.3, -0.25) is 14.5 Å². The van der Waals surface area contributed by atoms with Crippen molar-refractivity contribution < 1.29 is 14.3 Å². The third-order valence-electron chi connectivity index (χ3n) is 5.54. The molecule has 0 saturated heterocycles. The summed E-state index contributed by atoms with van der Waals surface area (Å²) in [7, 11) is 1.54. The first kappa shape index (κ1) is 23.1. The molecule has 166 valence electrons. The van der Waals surface area contributed by atoms with Crippen LogP contribution in [0.2, 0.25) is 5.02 Å². The Morgan fingerprint density at radius 2 is 1.74 bits per heavy atom. The molecule has 2 amide bonds. The maximum Gasteiger partial charge on any atom is 0.238 e. The molecule has 1 aliphatic carbocycles. The summed E-state index contributed by atoms with van der Waals surface area (Å²) in [6.45, 7) is 6.64. The number of carbonyl (C=O) groups is 2. The highest BCUT2D eigenvalue weighted by Gasteiger charge is 2.30. The highest BCUT2D eigenvalue weighted by molar-refractivity contribution is 6.31. The van der Waals surface area contributed by atoms with Gasteiger partial charge < -0.3 is 15.4 Å². The van der Waals surface area contributed by atoms with Crippen LogP contribution < -0.4 is 15.4 Å². The topological polar surface area (TPSA) is 70.7 Å². The van der Waals surface area contributed by atoms with Crippen molar-refractivity contribution in [1.82, 2.24) is 4.90 Å². The summed E-state index contributed by atoms with van der Waals surface area (Å²) in [5, 5.41) is 6.53. The molecule has 1 fully saturated rings. The number of ether oxygens (including phenoxy) is 1. The molecule has 31 heavy (non-hydrogen) atoms. The van der Waals surface area contributed by atoms with Crippen LogP contribution in [0.1, 0.15) is 36.0 Å². The predicted octanol–water partition coefficient (Wildman–Crippen LogP) is 4.71. The quantitative estimate of drug-likeness (QED) is 0.589. The maximum absolute atomic E-state index is 12.7. The van der Waals surface area contributed by atoms with Crippen LogP contribution in [0.4, 0.5) is 11.4 Å². The minimum Gasteiger partial charge on any atom is -0.495 e. The van der Waals surface area contributed by atoms with Crippen LogP contribution in [-0.4, -0.2) is 43.0 Å². The molecule has 0 unspecified atom stereocenters. The van der Waals surface area contributed by atoms with E-state index in [0.717, 1.165) is 35.2 Å². The molecule has 0 aromatic heterocycles. The largest absolute Gasteiger partial charge is 0.495 e. The summed E-state index contributed by atoms with van der Waals surface area (Å²) >= 11 is 6.13. The zero-order valence-corrected chi connectivity index (χ0v) is 19.3. The number of hydrogen-bond acceptors (Lipinski definition) is 4. The van der Waals surface area contributed by atoms with Crippen LogP contribution in [0.25, 0.3) is 0 Å². The molecular formula is C24H30ClN3O3. The maximum atomic E-state index is 12.7. The third kappa shape index (κ3) is 6.21. The molecule has 1 aliphatic rings. The van der Waals surface area contributed by atoms with Crippen molar-refractivity contribution >= 4 is 34.8 Å². The number of nitrogens with zero attached hydrogens (tertiary/aromatic N) is 1. The zero-order valence-electron chi connectivity index (χ0n) is 18.5. The smallest absolute Gasteiger partial charge is 0.238 e. The number of aryl methyl sites for hydroxylation is 3. The summed E-state index contributed by atoms with van der Waals surface area (Å²) in [6.07, 6.45) is 2.41. The first-order valence-corrected chi connectivity index (χ1v) is 10.9. The molecule has 2 aromatic carbocycles. The second kappa shape index (κ2) is 10.2. The van der Waals surface area contributed by atoms with Gasteiger partial charge in [-0.15, -0.1) is 0 Å². The number of rotatable bonds is 9. The Morgan fingerprint density at radius 1 is 1.06 bits per heavy atom. The fourth-order valence-corrected chi connectivity index (χ4v) is 3.75. The molecule has 0 aliphatic heterocycles. The van der Waals surface area contributed by atoms with Gasteiger partial charge in [0.2, 0.25) is 11.8 Å². The Balaban J connectivity index is 1.57. The van der Waals surface area contributed by atoms with Gasteiger partial charge in [0.25, 0.3) is 0 Å². The first-order valence-electron chi connectivity index (χ1n) is 10.5.